The van der Waals surface area contributed by atoms with Gasteiger partial charge in [0.2, 0.25) is 0 Å². The first-order valence-corrected chi connectivity index (χ1v) is 7.14. The van der Waals surface area contributed by atoms with Gasteiger partial charge in [-0.3, -0.25) is 4.98 Å². The lowest BCUT2D eigenvalue weighted by atomic mass is 9.83. The number of hydrogen-bond acceptors (Lipinski definition) is 3. The molecule has 1 fully saturated rings. The van der Waals surface area contributed by atoms with Crippen LogP contribution >= 0.6 is 11.6 Å². The van der Waals surface area contributed by atoms with E-state index >= 15 is 0 Å². The van der Waals surface area contributed by atoms with Gasteiger partial charge in [0, 0.05) is 24.7 Å². The maximum absolute atomic E-state index is 12.1. The molecule has 1 aromatic rings. The van der Waals surface area contributed by atoms with E-state index in [1.165, 1.54) is 0 Å². The van der Waals surface area contributed by atoms with Crippen molar-refractivity contribution in [3.8, 4) is 0 Å². The van der Waals surface area contributed by atoms with Crippen molar-refractivity contribution in [3.63, 3.8) is 0 Å². The van der Waals surface area contributed by atoms with Gasteiger partial charge in [-0.1, -0.05) is 18.5 Å². The average molecular weight is 298 g/mol. The molecule has 2 N–H and O–H groups in total. The summed E-state index contributed by atoms with van der Waals surface area (Å²) < 4.78 is 0. The molecule has 2 rings (SSSR count). The van der Waals surface area contributed by atoms with Crippen molar-refractivity contribution in [2.24, 2.45) is 5.41 Å². The second-order valence-electron chi connectivity index (χ2n) is 5.62. The third-order valence-corrected chi connectivity index (χ3v) is 3.88. The van der Waals surface area contributed by atoms with E-state index in [0.29, 0.717) is 18.1 Å². The molecule has 0 spiro atoms. The zero-order valence-electron chi connectivity index (χ0n) is 11.6. The molecule has 20 heavy (non-hydrogen) atoms. The van der Waals surface area contributed by atoms with Crippen molar-refractivity contribution >= 4 is 17.6 Å². The van der Waals surface area contributed by atoms with E-state index in [2.05, 4.69) is 10.3 Å². The number of aliphatic hydroxyl groups excluding tert-OH is 1. The van der Waals surface area contributed by atoms with E-state index in [4.69, 9.17) is 11.6 Å². The van der Waals surface area contributed by atoms with Crippen LogP contribution in [-0.2, 0) is 6.54 Å². The number of rotatable bonds is 3. The van der Waals surface area contributed by atoms with Gasteiger partial charge in [-0.05, 0) is 25.0 Å². The second-order valence-corrected chi connectivity index (χ2v) is 6.06. The van der Waals surface area contributed by atoms with Gasteiger partial charge in [-0.2, -0.15) is 0 Å². The number of hydrogen-bond donors (Lipinski definition) is 2. The predicted octanol–water partition coefficient (Wildman–Crippen LogP) is 2.04. The lowest BCUT2D eigenvalue weighted by Gasteiger charge is -2.39. The maximum atomic E-state index is 12.1. The summed E-state index contributed by atoms with van der Waals surface area (Å²) in [5.41, 5.74) is 0.582. The van der Waals surface area contributed by atoms with Crippen LogP contribution in [0.1, 0.15) is 25.5 Å². The Bertz CT molecular complexity index is 466. The number of piperidine rings is 1. The highest BCUT2D eigenvalue weighted by molar-refractivity contribution is 6.30. The normalized spacial score (nSPS) is 22.6. The quantitative estimate of drug-likeness (QED) is 0.897. The predicted molar refractivity (Wildman–Crippen MR) is 77.5 cm³/mol. The molecular formula is C14H20ClN3O2. The van der Waals surface area contributed by atoms with Gasteiger partial charge >= 0.3 is 6.03 Å². The third-order valence-electron chi connectivity index (χ3n) is 3.66. The summed E-state index contributed by atoms with van der Waals surface area (Å²) in [4.78, 5) is 18.0. The Hall–Kier alpha value is -1.33. The minimum absolute atomic E-state index is 0.107. The molecule has 0 aromatic carbocycles. The fraction of sp³-hybridized carbons (Fsp3) is 0.571. The Morgan fingerprint density at radius 3 is 3.05 bits per heavy atom. The van der Waals surface area contributed by atoms with Gasteiger partial charge in [0.1, 0.15) is 0 Å². The lowest BCUT2D eigenvalue weighted by Crippen LogP contribution is -2.49. The Morgan fingerprint density at radius 2 is 2.40 bits per heavy atom. The minimum atomic E-state index is -0.186. The molecule has 2 heterocycles. The highest BCUT2D eigenvalue weighted by atomic mass is 35.5. The summed E-state index contributed by atoms with van der Waals surface area (Å²) >= 11 is 5.76. The first kappa shape index (κ1) is 15.1. The van der Waals surface area contributed by atoms with Crippen molar-refractivity contribution in [1.29, 1.82) is 0 Å². The van der Waals surface area contributed by atoms with Gasteiger partial charge < -0.3 is 15.3 Å². The lowest BCUT2D eigenvalue weighted by molar-refractivity contribution is 0.0614. The van der Waals surface area contributed by atoms with E-state index in [9.17, 15) is 9.90 Å². The fourth-order valence-corrected chi connectivity index (χ4v) is 2.52. The van der Waals surface area contributed by atoms with Crippen molar-refractivity contribution < 1.29 is 9.90 Å². The molecule has 0 aliphatic carbocycles. The maximum Gasteiger partial charge on any atom is 0.317 e. The van der Waals surface area contributed by atoms with Crippen molar-refractivity contribution in [3.05, 3.63) is 29.0 Å². The molecule has 110 valence electrons. The highest BCUT2D eigenvalue weighted by Crippen LogP contribution is 2.28. The van der Waals surface area contributed by atoms with Crippen LogP contribution in [0.15, 0.2) is 18.3 Å². The molecule has 1 aromatic heterocycles. The molecular weight excluding hydrogens is 278 g/mol. The monoisotopic (exact) mass is 297 g/mol. The van der Waals surface area contributed by atoms with Crippen molar-refractivity contribution in [2.45, 2.75) is 26.3 Å². The molecule has 2 amide bonds. The van der Waals surface area contributed by atoms with E-state index in [1.807, 2.05) is 6.92 Å². The number of likely N-dealkylation sites (tertiary alicyclic amines) is 1. The number of carbonyl (C=O) groups is 1. The number of carbonyl (C=O) groups excluding carboxylic acids is 1. The largest absolute Gasteiger partial charge is 0.396 e. The molecule has 1 atom stereocenters. The van der Waals surface area contributed by atoms with Gasteiger partial charge in [-0.25, -0.2) is 4.79 Å². The molecule has 1 aliphatic rings. The highest BCUT2D eigenvalue weighted by Gasteiger charge is 2.32. The molecule has 6 heteroatoms. The summed E-state index contributed by atoms with van der Waals surface area (Å²) in [7, 11) is 0. The van der Waals surface area contributed by atoms with E-state index in [1.54, 1.807) is 23.2 Å². The molecule has 0 saturated carbocycles. The Labute approximate surface area is 123 Å². The number of nitrogens with zero attached hydrogens (tertiary/aromatic N) is 2. The summed E-state index contributed by atoms with van der Waals surface area (Å²) in [6.45, 7) is 3.81. The molecule has 5 nitrogen and oxygen atoms in total. The van der Waals surface area contributed by atoms with Gasteiger partial charge in [0.25, 0.3) is 0 Å². The first-order chi connectivity index (χ1) is 9.52. The topological polar surface area (TPSA) is 65.5 Å². The smallest absolute Gasteiger partial charge is 0.317 e. The van der Waals surface area contributed by atoms with Crippen LogP contribution in [-0.4, -0.2) is 40.7 Å². The average Bonchev–Trinajstić information content (AvgIpc) is 2.46. The number of urea groups is 1. The summed E-state index contributed by atoms with van der Waals surface area (Å²) in [6, 6.07) is 3.43. The van der Waals surface area contributed by atoms with Gasteiger partial charge in [0.05, 0.1) is 23.9 Å². The zero-order valence-corrected chi connectivity index (χ0v) is 12.4. The van der Waals surface area contributed by atoms with Crippen LogP contribution < -0.4 is 5.32 Å². The molecule has 0 radical (unpaired) electrons. The van der Waals surface area contributed by atoms with Crippen LogP contribution in [0.5, 0.6) is 0 Å². The third kappa shape index (κ3) is 3.84. The summed E-state index contributed by atoms with van der Waals surface area (Å²) in [5, 5.41) is 12.8. The Kier molecular flexibility index (Phi) is 4.83. The molecule has 1 unspecified atom stereocenters. The molecule has 1 aliphatic heterocycles. The molecule has 1 saturated heterocycles. The molecule has 0 bridgehead atoms. The SMILES string of the molecule is CC1(CO)CCCN(C(=O)NCc2ccc(Cl)cn2)C1. The van der Waals surface area contributed by atoms with Gasteiger partial charge in [-0.15, -0.1) is 0 Å². The van der Waals surface area contributed by atoms with E-state index < -0.39 is 0 Å². The second kappa shape index (κ2) is 6.41. The van der Waals surface area contributed by atoms with Gasteiger partial charge in [0.15, 0.2) is 0 Å². The number of aromatic nitrogens is 1. The standard InChI is InChI=1S/C14H20ClN3O2/c1-14(10-19)5-2-6-18(9-14)13(20)17-8-12-4-3-11(15)7-16-12/h3-4,7,19H,2,5-6,8-10H2,1H3,(H,17,20). The first-order valence-electron chi connectivity index (χ1n) is 6.76. The number of pyridine rings is 1. The summed E-state index contributed by atoms with van der Waals surface area (Å²) in [5.74, 6) is 0. The van der Waals surface area contributed by atoms with Crippen LogP contribution in [0.25, 0.3) is 0 Å². The summed E-state index contributed by atoms with van der Waals surface area (Å²) in [6.07, 6.45) is 3.43. The zero-order chi connectivity index (χ0) is 14.6. The van der Waals surface area contributed by atoms with E-state index in [-0.39, 0.29) is 18.1 Å². The van der Waals surface area contributed by atoms with Crippen LogP contribution in [0.2, 0.25) is 5.02 Å². The number of halogens is 1. The number of nitrogens with one attached hydrogen (secondary N) is 1. The van der Waals surface area contributed by atoms with Crippen molar-refractivity contribution in [1.82, 2.24) is 15.2 Å². The number of aliphatic hydroxyl groups is 1. The van der Waals surface area contributed by atoms with Crippen LogP contribution in [0.3, 0.4) is 0 Å². The Morgan fingerprint density at radius 1 is 1.60 bits per heavy atom. The van der Waals surface area contributed by atoms with Crippen LogP contribution in [0.4, 0.5) is 4.79 Å². The Balaban J connectivity index is 1.87. The number of amides is 2. The van der Waals surface area contributed by atoms with Crippen molar-refractivity contribution in [2.75, 3.05) is 19.7 Å². The minimum Gasteiger partial charge on any atom is -0.396 e. The van der Waals surface area contributed by atoms with Crippen LogP contribution in [0, 0.1) is 5.41 Å². The van der Waals surface area contributed by atoms with E-state index in [0.717, 1.165) is 25.1 Å². The fourth-order valence-electron chi connectivity index (χ4n) is 2.41.